The largest absolute Gasteiger partial charge is 0.347 e. The number of carbonyl (C=O) groups excluding carboxylic acids is 1. The molecule has 1 fully saturated rings. The van der Waals surface area contributed by atoms with E-state index in [1.165, 1.54) is 19.3 Å². The van der Waals surface area contributed by atoms with Crippen molar-refractivity contribution in [2.75, 3.05) is 19.8 Å². The Morgan fingerprint density at radius 2 is 2.00 bits per heavy atom. The molecule has 1 amide bonds. The molecule has 0 radical (unpaired) electrons. The number of rotatable bonds is 7. The fourth-order valence-corrected chi connectivity index (χ4v) is 4.22. The lowest BCUT2D eigenvalue weighted by molar-refractivity contribution is -0.140. The predicted molar refractivity (Wildman–Crippen MR) is 108 cm³/mol. The van der Waals surface area contributed by atoms with Crippen molar-refractivity contribution in [2.24, 2.45) is 0 Å². The summed E-state index contributed by atoms with van der Waals surface area (Å²) in [6.45, 7) is 6.46. The Balaban J connectivity index is 1.97. The first-order valence-electron chi connectivity index (χ1n) is 10.1. The predicted octanol–water partition coefficient (Wildman–Crippen LogP) is 3.42. The topological polar surface area (TPSA) is 76.0 Å². The lowest BCUT2D eigenvalue weighted by Crippen LogP contribution is -2.55. The molecule has 1 N–H and O–H groups in total. The molecule has 1 saturated heterocycles. The Hall–Kier alpha value is -2.65. The third-order valence-corrected chi connectivity index (χ3v) is 5.85. The molecule has 1 aliphatic rings. The second kappa shape index (κ2) is 9.03. The number of carbonyl (C=O) groups is 1. The molecule has 0 saturated carbocycles. The van der Waals surface area contributed by atoms with Crippen molar-refractivity contribution >= 4 is 5.91 Å². The van der Waals surface area contributed by atoms with E-state index in [1.54, 1.807) is 13.3 Å². The number of benzene rings is 1. The number of hydrogen-bond acceptors (Lipinski definition) is 4. The first-order chi connectivity index (χ1) is 13.6. The summed E-state index contributed by atoms with van der Waals surface area (Å²) in [6.07, 6.45) is 8.58. The number of likely N-dealkylation sites (tertiary alicyclic amines) is 1. The summed E-state index contributed by atoms with van der Waals surface area (Å²) in [5.74, 6) is 0.0654. The zero-order valence-electron chi connectivity index (χ0n) is 16.8. The van der Waals surface area contributed by atoms with Gasteiger partial charge in [-0.1, -0.05) is 25.5 Å². The smallest absolute Gasteiger partial charge is 0.221 e. The average molecular weight is 380 g/mol. The zero-order valence-corrected chi connectivity index (χ0v) is 16.8. The van der Waals surface area contributed by atoms with Gasteiger partial charge in [0.1, 0.15) is 0 Å². The van der Waals surface area contributed by atoms with Crippen LogP contribution in [0.5, 0.6) is 0 Å². The molecule has 0 spiro atoms. The van der Waals surface area contributed by atoms with Crippen molar-refractivity contribution in [3.8, 4) is 6.07 Å². The quantitative estimate of drug-likeness (QED) is 0.800. The Labute approximate surface area is 167 Å². The normalized spacial score (nSPS) is 16.9. The van der Waals surface area contributed by atoms with Gasteiger partial charge in [-0.3, -0.25) is 9.69 Å². The van der Waals surface area contributed by atoms with Crippen LogP contribution in [-0.2, 0) is 16.8 Å². The zero-order chi connectivity index (χ0) is 20.0. The monoisotopic (exact) mass is 379 g/mol. The van der Waals surface area contributed by atoms with E-state index in [4.69, 9.17) is 5.26 Å². The van der Waals surface area contributed by atoms with Crippen molar-refractivity contribution in [3.05, 3.63) is 53.6 Å². The second-order valence-electron chi connectivity index (χ2n) is 7.60. The van der Waals surface area contributed by atoms with Crippen LogP contribution >= 0.6 is 0 Å². The Morgan fingerprint density at radius 3 is 2.54 bits per heavy atom. The summed E-state index contributed by atoms with van der Waals surface area (Å²) < 4.78 is 0. The van der Waals surface area contributed by atoms with E-state index in [9.17, 15) is 4.79 Å². The van der Waals surface area contributed by atoms with Gasteiger partial charge >= 0.3 is 0 Å². The molecule has 6 nitrogen and oxygen atoms in total. The highest BCUT2D eigenvalue weighted by atomic mass is 16.2. The average Bonchev–Trinajstić information content (AvgIpc) is 3.27. The van der Waals surface area contributed by atoms with Gasteiger partial charge < -0.3 is 9.88 Å². The molecule has 148 valence electrons. The fourth-order valence-electron chi connectivity index (χ4n) is 4.22. The summed E-state index contributed by atoms with van der Waals surface area (Å²) in [5, 5.41) is 9.08. The van der Waals surface area contributed by atoms with Crippen LogP contribution in [0.2, 0.25) is 0 Å². The second-order valence-corrected chi connectivity index (χ2v) is 7.60. The van der Waals surface area contributed by atoms with Gasteiger partial charge in [-0.15, -0.1) is 0 Å². The van der Waals surface area contributed by atoms with E-state index < -0.39 is 5.54 Å². The third kappa shape index (κ3) is 4.26. The molecule has 0 bridgehead atoms. The molecule has 28 heavy (non-hydrogen) atoms. The van der Waals surface area contributed by atoms with Crippen LogP contribution < -0.4 is 0 Å². The van der Waals surface area contributed by atoms with Gasteiger partial charge in [-0.05, 0) is 50.0 Å². The first-order valence-corrected chi connectivity index (χ1v) is 10.1. The number of hydrogen-bond donors (Lipinski definition) is 1. The minimum Gasteiger partial charge on any atom is -0.347 e. The van der Waals surface area contributed by atoms with Gasteiger partial charge in [0, 0.05) is 13.3 Å². The van der Waals surface area contributed by atoms with E-state index in [2.05, 4.69) is 27.9 Å². The summed E-state index contributed by atoms with van der Waals surface area (Å²) in [7, 11) is 0. The standard InChI is InChI=1S/C22H29N5O/c1-3-22(21-15-24-16-25-21,13-19-7-9-20(14-23)10-8-19)27(18(2)28)17-26-11-5-4-6-12-26/h7-10,15-16H,3-6,11-13,17H2,1-2H3,(H,24,25)/t22-/m0/s1. The Morgan fingerprint density at radius 1 is 1.29 bits per heavy atom. The summed E-state index contributed by atoms with van der Waals surface area (Å²) >= 11 is 0. The molecule has 0 aliphatic carbocycles. The van der Waals surface area contributed by atoms with Gasteiger partial charge in [0.25, 0.3) is 0 Å². The van der Waals surface area contributed by atoms with Crippen LogP contribution in [0.25, 0.3) is 0 Å². The number of nitrogens with one attached hydrogen (secondary N) is 1. The van der Waals surface area contributed by atoms with Crippen LogP contribution in [0.1, 0.15) is 56.4 Å². The molecular formula is C22H29N5O. The summed E-state index contributed by atoms with van der Waals surface area (Å²) in [5.41, 5.74) is 2.18. The molecule has 3 rings (SSSR count). The molecule has 1 aromatic heterocycles. The van der Waals surface area contributed by atoms with Crippen LogP contribution in [-0.4, -0.2) is 45.4 Å². The molecule has 1 atom stereocenters. The minimum atomic E-state index is -0.506. The van der Waals surface area contributed by atoms with Crippen LogP contribution in [0.15, 0.2) is 36.8 Å². The van der Waals surface area contributed by atoms with Gasteiger partial charge in [0.2, 0.25) is 5.91 Å². The number of aromatic amines is 1. The Bertz CT molecular complexity index is 802. The number of aromatic nitrogens is 2. The van der Waals surface area contributed by atoms with E-state index in [-0.39, 0.29) is 5.91 Å². The highest BCUT2D eigenvalue weighted by Crippen LogP contribution is 2.35. The maximum atomic E-state index is 12.8. The lowest BCUT2D eigenvalue weighted by Gasteiger charge is -2.45. The van der Waals surface area contributed by atoms with Gasteiger partial charge in [-0.25, -0.2) is 4.98 Å². The molecule has 6 heteroatoms. The molecule has 0 unspecified atom stereocenters. The number of imidazole rings is 1. The number of piperidine rings is 1. The highest BCUT2D eigenvalue weighted by Gasteiger charge is 2.41. The maximum Gasteiger partial charge on any atom is 0.221 e. The van der Waals surface area contributed by atoms with E-state index in [0.29, 0.717) is 18.7 Å². The molecule has 1 aromatic carbocycles. The number of nitrogens with zero attached hydrogens (tertiary/aromatic N) is 4. The van der Waals surface area contributed by atoms with E-state index in [0.717, 1.165) is 30.8 Å². The molecule has 1 aliphatic heterocycles. The SMILES string of the molecule is CC[C@](Cc1ccc(C#N)cc1)(c1cnc[nH]1)N(CN1CCCCC1)C(C)=O. The third-order valence-electron chi connectivity index (χ3n) is 5.85. The number of H-pyrrole nitrogens is 1. The Kier molecular flexibility index (Phi) is 6.48. The summed E-state index contributed by atoms with van der Waals surface area (Å²) in [4.78, 5) is 24.7. The van der Waals surface area contributed by atoms with Crippen molar-refractivity contribution in [1.29, 1.82) is 5.26 Å². The lowest BCUT2D eigenvalue weighted by atomic mass is 9.83. The molecule has 2 aromatic rings. The fraction of sp³-hybridized carbons (Fsp3) is 0.500. The summed E-state index contributed by atoms with van der Waals surface area (Å²) in [6, 6.07) is 9.81. The van der Waals surface area contributed by atoms with E-state index in [1.807, 2.05) is 35.4 Å². The van der Waals surface area contributed by atoms with Crippen molar-refractivity contribution in [3.63, 3.8) is 0 Å². The number of nitriles is 1. The number of amides is 1. The molecular weight excluding hydrogens is 350 g/mol. The van der Waals surface area contributed by atoms with Crippen LogP contribution in [0.4, 0.5) is 0 Å². The van der Waals surface area contributed by atoms with Crippen molar-refractivity contribution in [2.45, 2.75) is 51.5 Å². The minimum absolute atomic E-state index is 0.0654. The highest BCUT2D eigenvalue weighted by molar-refractivity contribution is 5.74. The van der Waals surface area contributed by atoms with Crippen molar-refractivity contribution < 1.29 is 4.79 Å². The van der Waals surface area contributed by atoms with Crippen LogP contribution in [0, 0.1) is 11.3 Å². The molecule has 2 heterocycles. The van der Waals surface area contributed by atoms with Gasteiger partial charge in [0.05, 0.1) is 42.1 Å². The van der Waals surface area contributed by atoms with Crippen molar-refractivity contribution in [1.82, 2.24) is 19.8 Å². The first kappa shape index (κ1) is 20.1. The van der Waals surface area contributed by atoms with Gasteiger partial charge in [-0.2, -0.15) is 5.26 Å². The maximum absolute atomic E-state index is 12.8. The van der Waals surface area contributed by atoms with Crippen LogP contribution in [0.3, 0.4) is 0 Å². The van der Waals surface area contributed by atoms with E-state index >= 15 is 0 Å². The van der Waals surface area contributed by atoms with Gasteiger partial charge in [0.15, 0.2) is 0 Å².